The highest BCUT2D eigenvalue weighted by molar-refractivity contribution is 5.94. The van der Waals surface area contributed by atoms with E-state index < -0.39 is 5.97 Å². The van der Waals surface area contributed by atoms with Gasteiger partial charge < -0.3 is 14.8 Å². The summed E-state index contributed by atoms with van der Waals surface area (Å²) in [5.74, 6) is -0.580. The highest BCUT2D eigenvalue weighted by atomic mass is 16.6. The maximum atomic E-state index is 12.1. The summed E-state index contributed by atoms with van der Waals surface area (Å²) >= 11 is 0. The molecule has 8 heteroatoms. The number of anilines is 1. The molecule has 0 atom stereocenters. The predicted molar refractivity (Wildman–Crippen MR) is 118 cm³/mol. The largest absolute Gasteiger partial charge is 0.482 e. The van der Waals surface area contributed by atoms with E-state index >= 15 is 0 Å². The number of hydrogen-bond acceptors (Lipinski definition) is 6. The van der Waals surface area contributed by atoms with Crippen molar-refractivity contribution in [2.24, 2.45) is 5.10 Å². The van der Waals surface area contributed by atoms with Crippen LogP contribution in [0.1, 0.15) is 36.5 Å². The van der Waals surface area contributed by atoms with E-state index in [1.807, 2.05) is 32.0 Å². The van der Waals surface area contributed by atoms with Gasteiger partial charge >= 0.3 is 5.97 Å². The van der Waals surface area contributed by atoms with Gasteiger partial charge in [0.15, 0.2) is 6.61 Å². The molecule has 0 aliphatic rings. The zero-order chi connectivity index (χ0) is 22.6. The molecule has 164 valence electrons. The van der Waals surface area contributed by atoms with E-state index in [1.54, 1.807) is 31.2 Å². The summed E-state index contributed by atoms with van der Waals surface area (Å²) < 4.78 is 10.2. The third-order valence-corrected chi connectivity index (χ3v) is 4.17. The number of hydrazone groups is 1. The van der Waals surface area contributed by atoms with Gasteiger partial charge in [-0.1, -0.05) is 24.3 Å². The van der Waals surface area contributed by atoms with Crippen molar-refractivity contribution in [1.82, 2.24) is 5.43 Å². The highest BCUT2D eigenvalue weighted by Crippen LogP contribution is 2.16. The molecule has 0 spiro atoms. The van der Waals surface area contributed by atoms with Crippen LogP contribution >= 0.6 is 0 Å². The van der Waals surface area contributed by atoms with E-state index in [4.69, 9.17) is 9.47 Å². The maximum absolute atomic E-state index is 12.1. The molecule has 0 aliphatic carbocycles. The lowest BCUT2D eigenvalue weighted by Gasteiger charge is -2.09. The Morgan fingerprint density at radius 2 is 1.81 bits per heavy atom. The van der Waals surface area contributed by atoms with Gasteiger partial charge in [-0.2, -0.15) is 5.10 Å². The van der Waals surface area contributed by atoms with Crippen molar-refractivity contribution < 1.29 is 23.9 Å². The van der Waals surface area contributed by atoms with Crippen LogP contribution in [0.15, 0.2) is 47.6 Å². The van der Waals surface area contributed by atoms with Gasteiger partial charge in [-0.25, -0.2) is 10.2 Å². The van der Waals surface area contributed by atoms with Crippen molar-refractivity contribution in [3.63, 3.8) is 0 Å². The Kier molecular flexibility index (Phi) is 9.22. The molecule has 0 radical (unpaired) electrons. The van der Waals surface area contributed by atoms with E-state index in [0.717, 1.165) is 16.8 Å². The minimum Gasteiger partial charge on any atom is -0.482 e. The van der Waals surface area contributed by atoms with Crippen molar-refractivity contribution >= 4 is 29.7 Å². The average molecular weight is 425 g/mol. The van der Waals surface area contributed by atoms with Crippen LogP contribution in [-0.4, -0.2) is 37.2 Å². The van der Waals surface area contributed by atoms with E-state index in [9.17, 15) is 14.4 Å². The number of amides is 2. The molecule has 0 fully saturated rings. The molecule has 2 N–H and O–H groups in total. The van der Waals surface area contributed by atoms with Crippen LogP contribution < -0.4 is 15.5 Å². The lowest BCUT2D eigenvalue weighted by molar-refractivity contribution is -0.145. The van der Waals surface area contributed by atoms with Crippen LogP contribution in [0.5, 0.6) is 5.75 Å². The molecule has 0 bridgehead atoms. The predicted octanol–water partition coefficient (Wildman–Crippen LogP) is 3.11. The first-order valence-corrected chi connectivity index (χ1v) is 9.95. The Bertz CT molecular complexity index is 956. The van der Waals surface area contributed by atoms with Crippen molar-refractivity contribution in [2.45, 2.75) is 33.6 Å². The second kappa shape index (κ2) is 12.1. The number of nitrogens with one attached hydrogen (secondary N) is 2. The third kappa shape index (κ3) is 8.69. The summed E-state index contributed by atoms with van der Waals surface area (Å²) in [5, 5.41) is 6.71. The second-order valence-corrected chi connectivity index (χ2v) is 6.83. The van der Waals surface area contributed by atoms with Crippen molar-refractivity contribution in [3.05, 3.63) is 59.2 Å². The summed E-state index contributed by atoms with van der Waals surface area (Å²) in [7, 11) is 0. The molecular formula is C23H27N3O5. The fourth-order valence-corrected chi connectivity index (χ4v) is 2.57. The summed E-state index contributed by atoms with van der Waals surface area (Å²) in [6, 6.07) is 12.7. The number of ether oxygens (including phenoxy) is 2. The Morgan fingerprint density at radius 1 is 1.03 bits per heavy atom. The Hall–Kier alpha value is -3.68. The number of nitrogens with zero attached hydrogens (tertiary/aromatic N) is 1. The molecule has 0 aromatic heterocycles. The standard InChI is InChI=1S/C23H27N3O5/c1-4-30-23(29)15-31-19-7-5-6-18(13-19)14-24-26-22(28)11-10-21(27)25-20-12-16(2)8-9-17(20)3/h5-9,12-14H,4,10-11,15H2,1-3H3,(H,25,27)(H,26,28). The quantitative estimate of drug-likeness (QED) is 0.346. The molecular weight excluding hydrogens is 398 g/mol. The van der Waals surface area contributed by atoms with Gasteiger partial charge in [0.05, 0.1) is 12.8 Å². The first-order valence-electron chi connectivity index (χ1n) is 9.95. The van der Waals surface area contributed by atoms with E-state index in [0.29, 0.717) is 17.9 Å². The summed E-state index contributed by atoms with van der Waals surface area (Å²) in [6.07, 6.45) is 1.51. The molecule has 2 amide bonds. The average Bonchev–Trinajstić information content (AvgIpc) is 2.74. The Labute approximate surface area is 181 Å². The molecule has 8 nitrogen and oxygen atoms in total. The smallest absolute Gasteiger partial charge is 0.344 e. The highest BCUT2D eigenvalue weighted by Gasteiger charge is 2.08. The Morgan fingerprint density at radius 3 is 2.58 bits per heavy atom. The van der Waals surface area contributed by atoms with E-state index in [2.05, 4.69) is 15.8 Å². The van der Waals surface area contributed by atoms with Gasteiger partial charge in [0, 0.05) is 18.5 Å². The minimum atomic E-state index is -0.449. The number of esters is 1. The molecule has 0 saturated heterocycles. The van der Waals surface area contributed by atoms with Crippen LogP contribution in [0.2, 0.25) is 0 Å². The first-order chi connectivity index (χ1) is 14.9. The van der Waals surface area contributed by atoms with Crippen LogP contribution in [-0.2, 0) is 19.1 Å². The zero-order valence-electron chi connectivity index (χ0n) is 17.9. The monoisotopic (exact) mass is 425 g/mol. The molecule has 2 aromatic rings. The number of hydrogen-bond donors (Lipinski definition) is 2. The van der Waals surface area contributed by atoms with Crippen LogP contribution in [0.25, 0.3) is 0 Å². The van der Waals surface area contributed by atoms with Crippen molar-refractivity contribution in [2.75, 3.05) is 18.5 Å². The lowest BCUT2D eigenvalue weighted by atomic mass is 10.1. The summed E-state index contributed by atoms with van der Waals surface area (Å²) in [5.41, 5.74) is 5.82. The van der Waals surface area contributed by atoms with Gasteiger partial charge in [0.25, 0.3) is 0 Å². The molecule has 0 heterocycles. The molecule has 2 aromatic carbocycles. The van der Waals surface area contributed by atoms with Gasteiger partial charge in [-0.15, -0.1) is 0 Å². The Balaban J connectivity index is 1.76. The van der Waals surface area contributed by atoms with Crippen LogP contribution in [0.3, 0.4) is 0 Å². The maximum Gasteiger partial charge on any atom is 0.344 e. The number of aryl methyl sites for hydroxylation is 2. The topological polar surface area (TPSA) is 106 Å². The summed E-state index contributed by atoms with van der Waals surface area (Å²) in [6.45, 7) is 5.69. The SMILES string of the molecule is CCOC(=O)COc1cccc(C=NNC(=O)CCC(=O)Nc2cc(C)ccc2C)c1. The normalized spacial score (nSPS) is 10.5. The summed E-state index contributed by atoms with van der Waals surface area (Å²) in [4.78, 5) is 35.4. The zero-order valence-corrected chi connectivity index (χ0v) is 17.9. The number of rotatable bonds is 10. The van der Waals surface area contributed by atoms with Crippen LogP contribution in [0.4, 0.5) is 5.69 Å². The lowest BCUT2D eigenvalue weighted by Crippen LogP contribution is -2.21. The second-order valence-electron chi connectivity index (χ2n) is 6.83. The first kappa shape index (κ1) is 23.6. The number of carbonyl (C=O) groups is 3. The van der Waals surface area contributed by atoms with E-state index in [1.165, 1.54) is 6.21 Å². The van der Waals surface area contributed by atoms with Gasteiger partial charge in [-0.3, -0.25) is 9.59 Å². The van der Waals surface area contributed by atoms with E-state index in [-0.39, 0.29) is 31.3 Å². The fraction of sp³-hybridized carbons (Fsp3) is 0.304. The molecule has 0 unspecified atom stereocenters. The number of carbonyl (C=O) groups excluding carboxylic acids is 3. The van der Waals surface area contributed by atoms with Crippen molar-refractivity contribution in [1.29, 1.82) is 0 Å². The van der Waals surface area contributed by atoms with Gasteiger partial charge in [0.2, 0.25) is 11.8 Å². The van der Waals surface area contributed by atoms with Gasteiger partial charge in [0.1, 0.15) is 5.75 Å². The van der Waals surface area contributed by atoms with Crippen LogP contribution in [0, 0.1) is 13.8 Å². The molecule has 2 rings (SSSR count). The fourth-order valence-electron chi connectivity index (χ4n) is 2.57. The van der Waals surface area contributed by atoms with Gasteiger partial charge in [-0.05, 0) is 55.7 Å². The third-order valence-electron chi connectivity index (χ3n) is 4.17. The molecule has 31 heavy (non-hydrogen) atoms. The minimum absolute atomic E-state index is 0.0106. The number of benzene rings is 2. The van der Waals surface area contributed by atoms with Crippen molar-refractivity contribution in [3.8, 4) is 5.75 Å². The molecule has 0 aliphatic heterocycles. The molecule has 0 saturated carbocycles.